The molecule has 2 aromatic rings. The minimum absolute atomic E-state index is 0.795. The predicted molar refractivity (Wildman–Crippen MR) is 82.6 cm³/mol. The van der Waals surface area contributed by atoms with Gasteiger partial charge < -0.3 is 10.2 Å². The maximum atomic E-state index is 4.62. The van der Waals surface area contributed by atoms with Crippen molar-refractivity contribution in [1.82, 2.24) is 10.3 Å². The maximum absolute atomic E-state index is 4.62. The highest BCUT2D eigenvalue weighted by atomic mass is 15.2. The third-order valence-electron chi connectivity index (χ3n) is 3.19. The van der Waals surface area contributed by atoms with E-state index in [1.807, 2.05) is 19.3 Å². The van der Waals surface area contributed by atoms with Gasteiger partial charge in [0, 0.05) is 31.7 Å². The van der Waals surface area contributed by atoms with Crippen LogP contribution in [0.3, 0.4) is 0 Å². The molecule has 0 fully saturated rings. The fraction of sp³-hybridized carbons (Fsp3) is 0.312. The van der Waals surface area contributed by atoms with Crippen LogP contribution >= 0.6 is 0 Å². The van der Waals surface area contributed by atoms with E-state index in [2.05, 4.69) is 53.0 Å². The molecule has 0 aliphatic rings. The summed E-state index contributed by atoms with van der Waals surface area (Å²) in [6.07, 6.45) is 3.86. The van der Waals surface area contributed by atoms with E-state index < -0.39 is 0 Å². The first kappa shape index (κ1) is 13.6. The second-order valence-corrected chi connectivity index (χ2v) is 4.60. The third-order valence-corrected chi connectivity index (χ3v) is 3.19. The molecule has 0 atom stereocenters. The fourth-order valence-corrected chi connectivity index (χ4v) is 2.22. The van der Waals surface area contributed by atoms with Gasteiger partial charge in [0.1, 0.15) is 5.82 Å². The average molecular weight is 255 g/mol. The minimum Gasteiger partial charge on any atom is -0.355 e. The van der Waals surface area contributed by atoms with Crippen molar-refractivity contribution in [1.29, 1.82) is 0 Å². The maximum Gasteiger partial charge on any atom is 0.136 e. The van der Waals surface area contributed by atoms with Crippen LogP contribution in [0.1, 0.15) is 12.5 Å². The van der Waals surface area contributed by atoms with Crippen LogP contribution in [0.2, 0.25) is 0 Å². The van der Waals surface area contributed by atoms with E-state index in [0.29, 0.717) is 0 Å². The standard InChI is InChI=1S/C16H21N3/c1-4-10-19(3)16-15-9-7-6-8-14(15)13(12-18-16)11-17-5-2/h4,6-9,12,17H,1,5,10-11H2,2-3H3. The normalized spacial score (nSPS) is 10.6. The van der Waals surface area contributed by atoms with E-state index in [1.54, 1.807) is 0 Å². The first-order valence-electron chi connectivity index (χ1n) is 6.67. The topological polar surface area (TPSA) is 28.2 Å². The Labute approximate surface area is 115 Å². The summed E-state index contributed by atoms with van der Waals surface area (Å²) in [6, 6.07) is 8.43. The first-order chi connectivity index (χ1) is 9.27. The number of rotatable bonds is 6. The Morgan fingerprint density at radius 2 is 2.05 bits per heavy atom. The second kappa shape index (κ2) is 6.34. The van der Waals surface area contributed by atoms with Gasteiger partial charge in [0.05, 0.1) is 0 Å². The molecule has 0 saturated carbocycles. The summed E-state index contributed by atoms with van der Waals surface area (Å²) in [5.41, 5.74) is 1.24. The molecule has 0 unspecified atom stereocenters. The van der Waals surface area contributed by atoms with E-state index in [0.717, 1.165) is 25.5 Å². The molecule has 1 N–H and O–H groups in total. The summed E-state index contributed by atoms with van der Waals surface area (Å²) in [7, 11) is 2.04. The molecule has 1 aromatic carbocycles. The van der Waals surface area contributed by atoms with Gasteiger partial charge in [0.2, 0.25) is 0 Å². The van der Waals surface area contributed by atoms with Gasteiger partial charge in [-0.3, -0.25) is 0 Å². The number of anilines is 1. The summed E-state index contributed by atoms with van der Waals surface area (Å²) < 4.78 is 0. The van der Waals surface area contributed by atoms with Crippen LogP contribution in [0.25, 0.3) is 10.8 Å². The monoisotopic (exact) mass is 255 g/mol. The van der Waals surface area contributed by atoms with Crippen LogP contribution < -0.4 is 10.2 Å². The molecule has 0 saturated heterocycles. The number of nitrogens with one attached hydrogen (secondary N) is 1. The SMILES string of the molecule is C=CCN(C)c1ncc(CNCC)c2ccccc12. The Hall–Kier alpha value is -1.87. The number of hydrogen-bond acceptors (Lipinski definition) is 3. The fourth-order valence-electron chi connectivity index (χ4n) is 2.22. The number of likely N-dealkylation sites (N-methyl/N-ethyl adjacent to an activating group) is 1. The number of fused-ring (bicyclic) bond motifs is 1. The summed E-state index contributed by atoms with van der Waals surface area (Å²) in [4.78, 5) is 6.73. The van der Waals surface area contributed by atoms with Gasteiger partial charge in [-0.15, -0.1) is 6.58 Å². The number of aromatic nitrogens is 1. The van der Waals surface area contributed by atoms with Crippen LogP contribution in [0.15, 0.2) is 43.1 Å². The van der Waals surface area contributed by atoms with Gasteiger partial charge in [-0.05, 0) is 17.5 Å². The van der Waals surface area contributed by atoms with Gasteiger partial charge >= 0.3 is 0 Å². The molecule has 0 aliphatic heterocycles. The summed E-state index contributed by atoms with van der Waals surface area (Å²) >= 11 is 0. The van der Waals surface area contributed by atoms with E-state index in [9.17, 15) is 0 Å². The van der Waals surface area contributed by atoms with Crippen molar-refractivity contribution in [3.05, 3.63) is 48.7 Å². The summed E-state index contributed by atoms with van der Waals surface area (Å²) in [5.74, 6) is 1.01. The lowest BCUT2D eigenvalue weighted by Crippen LogP contribution is -2.19. The third kappa shape index (κ3) is 2.93. The number of nitrogens with zero attached hydrogens (tertiary/aromatic N) is 2. The van der Waals surface area contributed by atoms with Crippen molar-refractivity contribution >= 4 is 16.6 Å². The largest absolute Gasteiger partial charge is 0.355 e. The van der Waals surface area contributed by atoms with Crippen LogP contribution in [0.4, 0.5) is 5.82 Å². The number of pyridine rings is 1. The van der Waals surface area contributed by atoms with Crippen molar-refractivity contribution in [2.75, 3.05) is 25.0 Å². The lowest BCUT2D eigenvalue weighted by Gasteiger charge is -2.19. The van der Waals surface area contributed by atoms with Crippen molar-refractivity contribution in [3.63, 3.8) is 0 Å². The van der Waals surface area contributed by atoms with Crippen molar-refractivity contribution in [2.24, 2.45) is 0 Å². The minimum atomic E-state index is 0.795. The quantitative estimate of drug-likeness (QED) is 0.804. The van der Waals surface area contributed by atoms with E-state index >= 15 is 0 Å². The molecule has 19 heavy (non-hydrogen) atoms. The van der Waals surface area contributed by atoms with Gasteiger partial charge in [-0.25, -0.2) is 4.98 Å². The molecule has 0 aliphatic carbocycles. The van der Waals surface area contributed by atoms with Crippen LogP contribution in [-0.2, 0) is 6.54 Å². The summed E-state index contributed by atoms with van der Waals surface area (Å²) in [5, 5.41) is 5.83. The lowest BCUT2D eigenvalue weighted by molar-refractivity contribution is 0.728. The van der Waals surface area contributed by atoms with Crippen LogP contribution in [-0.4, -0.2) is 25.1 Å². The highest BCUT2D eigenvalue weighted by molar-refractivity contribution is 5.94. The molecule has 1 aromatic heterocycles. The molecule has 0 amide bonds. The molecule has 2 rings (SSSR count). The average Bonchev–Trinajstić information content (AvgIpc) is 2.45. The Morgan fingerprint density at radius 1 is 1.32 bits per heavy atom. The van der Waals surface area contributed by atoms with E-state index in [-0.39, 0.29) is 0 Å². The Kier molecular flexibility index (Phi) is 4.53. The van der Waals surface area contributed by atoms with Crippen molar-refractivity contribution in [2.45, 2.75) is 13.5 Å². The van der Waals surface area contributed by atoms with Gasteiger partial charge in [0.25, 0.3) is 0 Å². The zero-order valence-corrected chi connectivity index (χ0v) is 11.7. The number of benzene rings is 1. The summed E-state index contributed by atoms with van der Waals surface area (Å²) in [6.45, 7) is 8.51. The Bertz CT molecular complexity index is 563. The molecule has 3 nitrogen and oxygen atoms in total. The van der Waals surface area contributed by atoms with Crippen molar-refractivity contribution < 1.29 is 0 Å². The molecule has 1 heterocycles. The van der Waals surface area contributed by atoms with Gasteiger partial charge in [-0.1, -0.05) is 37.3 Å². The van der Waals surface area contributed by atoms with Crippen LogP contribution in [0, 0.1) is 0 Å². The molecule has 3 heteroatoms. The van der Waals surface area contributed by atoms with E-state index in [1.165, 1.54) is 16.3 Å². The molecule has 0 spiro atoms. The van der Waals surface area contributed by atoms with Gasteiger partial charge in [-0.2, -0.15) is 0 Å². The molecule has 0 bridgehead atoms. The highest BCUT2D eigenvalue weighted by Gasteiger charge is 2.09. The Balaban J connectivity index is 2.48. The second-order valence-electron chi connectivity index (χ2n) is 4.60. The Morgan fingerprint density at radius 3 is 2.74 bits per heavy atom. The first-order valence-corrected chi connectivity index (χ1v) is 6.67. The highest BCUT2D eigenvalue weighted by Crippen LogP contribution is 2.26. The predicted octanol–water partition coefficient (Wildman–Crippen LogP) is 2.97. The lowest BCUT2D eigenvalue weighted by atomic mass is 10.1. The van der Waals surface area contributed by atoms with E-state index in [4.69, 9.17) is 0 Å². The molecular weight excluding hydrogens is 234 g/mol. The zero-order chi connectivity index (χ0) is 13.7. The van der Waals surface area contributed by atoms with Gasteiger partial charge in [0.15, 0.2) is 0 Å². The van der Waals surface area contributed by atoms with Crippen LogP contribution in [0.5, 0.6) is 0 Å². The molecule has 100 valence electrons. The smallest absolute Gasteiger partial charge is 0.136 e. The molecular formula is C16H21N3. The zero-order valence-electron chi connectivity index (χ0n) is 11.7. The van der Waals surface area contributed by atoms with Crippen molar-refractivity contribution in [3.8, 4) is 0 Å². The number of hydrogen-bond donors (Lipinski definition) is 1. The molecule has 0 radical (unpaired) electrons.